The molecular formula is C23H24N2O4S. The molecule has 0 aromatic heterocycles. The Hall–Kier alpha value is -3.32. The summed E-state index contributed by atoms with van der Waals surface area (Å²) in [5.74, 6) is 0.355. The van der Waals surface area contributed by atoms with Crippen LogP contribution in [0.25, 0.3) is 0 Å². The molecule has 0 radical (unpaired) electrons. The lowest BCUT2D eigenvalue weighted by atomic mass is 10.1. The summed E-state index contributed by atoms with van der Waals surface area (Å²) in [6, 6.07) is 20.1. The molecule has 3 aromatic carbocycles. The molecule has 3 aromatic rings. The molecule has 0 saturated carbocycles. The van der Waals surface area contributed by atoms with E-state index in [1.165, 1.54) is 12.1 Å². The molecule has 0 aliphatic carbocycles. The number of benzene rings is 3. The van der Waals surface area contributed by atoms with Crippen molar-refractivity contribution in [2.45, 2.75) is 25.2 Å². The topological polar surface area (TPSA) is 84.5 Å². The first-order valence-electron chi connectivity index (χ1n) is 9.68. The number of hydrogen-bond donors (Lipinski definition) is 2. The first-order chi connectivity index (χ1) is 14.4. The van der Waals surface area contributed by atoms with Crippen LogP contribution in [-0.2, 0) is 16.4 Å². The van der Waals surface area contributed by atoms with Gasteiger partial charge in [0, 0.05) is 16.9 Å². The van der Waals surface area contributed by atoms with Gasteiger partial charge in [-0.05, 0) is 73.5 Å². The number of aryl methyl sites for hydroxylation is 1. The third-order valence-electron chi connectivity index (χ3n) is 4.49. The maximum Gasteiger partial charge on any atom is 0.261 e. The number of para-hydroxylation sites is 1. The fourth-order valence-corrected chi connectivity index (χ4v) is 3.99. The van der Waals surface area contributed by atoms with Gasteiger partial charge in [-0.3, -0.25) is 9.52 Å². The van der Waals surface area contributed by atoms with Crippen molar-refractivity contribution >= 4 is 27.3 Å². The molecule has 0 spiro atoms. The molecular weight excluding hydrogens is 400 g/mol. The summed E-state index contributed by atoms with van der Waals surface area (Å²) in [5.41, 5.74) is 2.62. The summed E-state index contributed by atoms with van der Waals surface area (Å²) in [5, 5.41) is 2.90. The third-order valence-corrected chi connectivity index (χ3v) is 5.89. The fourth-order valence-electron chi connectivity index (χ4n) is 2.93. The van der Waals surface area contributed by atoms with E-state index in [2.05, 4.69) is 10.0 Å². The lowest BCUT2D eigenvalue weighted by Crippen LogP contribution is -2.14. The van der Waals surface area contributed by atoms with E-state index in [1.54, 1.807) is 36.4 Å². The zero-order valence-electron chi connectivity index (χ0n) is 16.9. The Morgan fingerprint density at radius 1 is 0.900 bits per heavy atom. The van der Waals surface area contributed by atoms with Crippen LogP contribution in [0.1, 0.15) is 29.8 Å². The first-order valence-corrected chi connectivity index (χ1v) is 11.2. The number of sulfonamides is 1. The number of anilines is 2. The first kappa shape index (κ1) is 21.4. The molecule has 2 N–H and O–H groups in total. The van der Waals surface area contributed by atoms with Crippen LogP contribution in [0.15, 0.2) is 77.7 Å². The number of hydrogen-bond acceptors (Lipinski definition) is 4. The second kappa shape index (κ2) is 9.45. The quantitative estimate of drug-likeness (QED) is 0.549. The Labute approximate surface area is 177 Å². The van der Waals surface area contributed by atoms with Gasteiger partial charge in [0.25, 0.3) is 15.9 Å². The summed E-state index contributed by atoms with van der Waals surface area (Å²) in [7, 11) is -3.74. The van der Waals surface area contributed by atoms with Gasteiger partial charge in [0.05, 0.1) is 11.5 Å². The van der Waals surface area contributed by atoms with E-state index in [-0.39, 0.29) is 10.8 Å². The average Bonchev–Trinajstić information content (AvgIpc) is 2.75. The summed E-state index contributed by atoms with van der Waals surface area (Å²) in [6.45, 7) is 4.39. The van der Waals surface area contributed by atoms with Crippen LogP contribution in [0.3, 0.4) is 0 Å². The number of carbonyl (C=O) groups excluding carboxylic acids is 1. The van der Waals surface area contributed by atoms with Gasteiger partial charge in [-0.2, -0.15) is 0 Å². The molecule has 0 aliphatic heterocycles. The van der Waals surface area contributed by atoms with E-state index < -0.39 is 10.0 Å². The highest BCUT2D eigenvalue weighted by Gasteiger charge is 2.15. The van der Waals surface area contributed by atoms with Crippen LogP contribution in [0, 0.1) is 0 Å². The molecule has 0 aliphatic rings. The van der Waals surface area contributed by atoms with Gasteiger partial charge in [-0.1, -0.05) is 25.1 Å². The predicted molar refractivity (Wildman–Crippen MR) is 119 cm³/mol. The summed E-state index contributed by atoms with van der Waals surface area (Å²) >= 11 is 0. The highest BCUT2D eigenvalue weighted by atomic mass is 32.2. The Bertz CT molecular complexity index is 1110. The van der Waals surface area contributed by atoms with Crippen molar-refractivity contribution in [1.29, 1.82) is 0 Å². The monoisotopic (exact) mass is 424 g/mol. The Kier molecular flexibility index (Phi) is 6.74. The normalized spacial score (nSPS) is 11.0. The molecule has 0 atom stereocenters. The standard InChI is InChI=1S/C23H24N2O4S/c1-3-17-7-5-6-8-22(17)24-23(26)18-9-11-19(12-10-18)25-30(27,28)21-15-13-20(14-16-21)29-4-2/h5-16,25H,3-4H2,1-2H3,(H,24,26). The van der Waals surface area contributed by atoms with Crippen LogP contribution in [0.5, 0.6) is 5.75 Å². The number of nitrogens with one attached hydrogen (secondary N) is 2. The maximum atomic E-state index is 12.6. The Morgan fingerprint density at radius 2 is 1.57 bits per heavy atom. The fraction of sp³-hybridized carbons (Fsp3) is 0.174. The lowest BCUT2D eigenvalue weighted by Gasteiger charge is -2.11. The van der Waals surface area contributed by atoms with Crippen LogP contribution in [0.4, 0.5) is 11.4 Å². The second-order valence-corrected chi connectivity index (χ2v) is 8.23. The lowest BCUT2D eigenvalue weighted by molar-refractivity contribution is 0.102. The van der Waals surface area contributed by atoms with Gasteiger partial charge in [0.15, 0.2) is 0 Å². The molecule has 6 nitrogen and oxygen atoms in total. The Morgan fingerprint density at radius 3 is 2.20 bits per heavy atom. The summed E-state index contributed by atoms with van der Waals surface area (Å²) < 4.78 is 33.0. The largest absolute Gasteiger partial charge is 0.494 e. The van der Waals surface area contributed by atoms with Gasteiger partial charge >= 0.3 is 0 Å². The van der Waals surface area contributed by atoms with E-state index in [0.717, 1.165) is 17.7 Å². The van der Waals surface area contributed by atoms with Crippen molar-refractivity contribution in [1.82, 2.24) is 0 Å². The van der Waals surface area contributed by atoms with Gasteiger partial charge in [-0.15, -0.1) is 0 Å². The van der Waals surface area contributed by atoms with E-state index in [4.69, 9.17) is 4.74 Å². The minimum absolute atomic E-state index is 0.129. The van der Waals surface area contributed by atoms with E-state index in [1.807, 2.05) is 38.1 Å². The van der Waals surface area contributed by atoms with Crippen LogP contribution < -0.4 is 14.8 Å². The zero-order chi connectivity index (χ0) is 21.6. The van der Waals surface area contributed by atoms with Gasteiger partial charge in [0.2, 0.25) is 0 Å². The van der Waals surface area contributed by atoms with Crippen molar-refractivity contribution in [2.75, 3.05) is 16.6 Å². The van der Waals surface area contributed by atoms with E-state index in [0.29, 0.717) is 23.6 Å². The molecule has 3 rings (SSSR count). The van der Waals surface area contributed by atoms with Crippen LogP contribution in [0.2, 0.25) is 0 Å². The maximum absolute atomic E-state index is 12.6. The van der Waals surface area contributed by atoms with Crippen molar-refractivity contribution in [3.05, 3.63) is 83.9 Å². The number of carbonyl (C=O) groups is 1. The molecule has 0 unspecified atom stereocenters. The molecule has 0 saturated heterocycles. The van der Waals surface area contributed by atoms with Crippen molar-refractivity contribution < 1.29 is 17.9 Å². The van der Waals surface area contributed by atoms with Crippen LogP contribution >= 0.6 is 0 Å². The molecule has 0 fully saturated rings. The Balaban J connectivity index is 1.69. The second-order valence-electron chi connectivity index (χ2n) is 6.55. The smallest absolute Gasteiger partial charge is 0.261 e. The molecule has 0 heterocycles. The highest BCUT2D eigenvalue weighted by molar-refractivity contribution is 7.92. The van der Waals surface area contributed by atoms with E-state index in [9.17, 15) is 13.2 Å². The predicted octanol–water partition coefficient (Wildman–Crippen LogP) is 4.70. The van der Waals surface area contributed by atoms with Crippen molar-refractivity contribution in [3.63, 3.8) is 0 Å². The number of amides is 1. The highest BCUT2D eigenvalue weighted by Crippen LogP contribution is 2.21. The molecule has 156 valence electrons. The molecule has 7 heteroatoms. The van der Waals surface area contributed by atoms with Gasteiger partial charge < -0.3 is 10.1 Å². The van der Waals surface area contributed by atoms with Crippen molar-refractivity contribution in [2.24, 2.45) is 0 Å². The summed E-state index contributed by atoms with van der Waals surface area (Å²) in [4.78, 5) is 12.7. The molecule has 30 heavy (non-hydrogen) atoms. The number of ether oxygens (including phenoxy) is 1. The van der Waals surface area contributed by atoms with Crippen molar-refractivity contribution in [3.8, 4) is 5.75 Å². The number of rotatable bonds is 8. The van der Waals surface area contributed by atoms with E-state index >= 15 is 0 Å². The van der Waals surface area contributed by atoms with Gasteiger partial charge in [-0.25, -0.2) is 8.42 Å². The molecule has 0 bridgehead atoms. The SMILES string of the molecule is CCOc1ccc(S(=O)(=O)Nc2ccc(C(=O)Nc3ccccc3CC)cc2)cc1. The van der Waals surface area contributed by atoms with Crippen LogP contribution in [-0.4, -0.2) is 20.9 Å². The average molecular weight is 425 g/mol. The third kappa shape index (κ3) is 5.18. The minimum Gasteiger partial charge on any atom is -0.494 e. The minimum atomic E-state index is -3.74. The summed E-state index contributed by atoms with van der Waals surface area (Å²) in [6.07, 6.45) is 0.808. The van der Waals surface area contributed by atoms with Gasteiger partial charge in [0.1, 0.15) is 5.75 Å². The zero-order valence-corrected chi connectivity index (χ0v) is 17.7. The molecule has 1 amide bonds.